The van der Waals surface area contributed by atoms with Crippen molar-refractivity contribution in [3.63, 3.8) is 0 Å². The van der Waals surface area contributed by atoms with Crippen LogP contribution in [0.4, 0.5) is 0 Å². The molecule has 1 aromatic carbocycles. The molecule has 1 aromatic rings. The van der Waals surface area contributed by atoms with Gasteiger partial charge in [0.2, 0.25) is 0 Å². The van der Waals surface area contributed by atoms with Crippen molar-refractivity contribution >= 4 is 15.9 Å². The quantitative estimate of drug-likeness (QED) is 0.836. The first-order chi connectivity index (χ1) is 7.54. The number of hydrogen-bond donors (Lipinski definition) is 1. The molecule has 0 aliphatic carbocycles. The van der Waals surface area contributed by atoms with E-state index in [-0.39, 0.29) is 0 Å². The van der Waals surface area contributed by atoms with Crippen molar-refractivity contribution in [2.24, 2.45) is 0 Å². The number of aliphatic hydroxyl groups is 1. The van der Waals surface area contributed by atoms with Crippen LogP contribution in [-0.4, -0.2) is 11.7 Å². The molecule has 2 nitrogen and oxygen atoms in total. The van der Waals surface area contributed by atoms with Gasteiger partial charge in [-0.25, -0.2) is 0 Å². The van der Waals surface area contributed by atoms with Gasteiger partial charge in [-0.15, -0.1) is 6.58 Å². The summed E-state index contributed by atoms with van der Waals surface area (Å²) in [5.74, 6) is 0.643. The summed E-state index contributed by atoms with van der Waals surface area (Å²) in [6.07, 6.45) is 0.755. The van der Waals surface area contributed by atoms with Crippen LogP contribution in [-0.2, 0) is 0 Å². The van der Waals surface area contributed by atoms with Gasteiger partial charge in [0.15, 0.2) is 0 Å². The van der Waals surface area contributed by atoms with Crippen molar-refractivity contribution in [3.05, 3.63) is 53.0 Å². The van der Waals surface area contributed by atoms with E-state index in [1.807, 2.05) is 25.1 Å². The largest absolute Gasteiger partial charge is 0.489 e. The first-order valence-corrected chi connectivity index (χ1v) is 5.71. The molecule has 0 aliphatic heterocycles. The molecule has 1 atom stereocenters. The van der Waals surface area contributed by atoms with Crippen LogP contribution in [0.5, 0.6) is 5.75 Å². The number of hydrogen-bond acceptors (Lipinski definition) is 2. The lowest BCUT2D eigenvalue weighted by Crippen LogP contribution is -2.03. The fourth-order valence-corrected chi connectivity index (χ4v) is 1.55. The second-order valence-corrected chi connectivity index (χ2v) is 4.52. The smallest absolute Gasteiger partial charge is 0.127 e. The van der Waals surface area contributed by atoms with E-state index < -0.39 is 6.10 Å². The van der Waals surface area contributed by atoms with Crippen molar-refractivity contribution in [3.8, 4) is 5.75 Å². The van der Waals surface area contributed by atoms with Crippen molar-refractivity contribution in [1.82, 2.24) is 0 Å². The molecule has 1 unspecified atom stereocenters. The highest BCUT2D eigenvalue weighted by atomic mass is 79.9. The third kappa shape index (κ3) is 3.51. The van der Waals surface area contributed by atoms with Gasteiger partial charge in [-0.05, 0) is 24.6 Å². The lowest BCUT2D eigenvalue weighted by atomic mass is 10.1. The van der Waals surface area contributed by atoms with Crippen LogP contribution in [0.1, 0.15) is 18.6 Å². The Hall–Kier alpha value is -1.06. The van der Waals surface area contributed by atoms with Gasteiger partial charge < -0.3 is 9.84 Å². The van der Waals surface area contributed by atoms with Crippen molar-refractivity contribution in [2.45, 2.75) is 13.0 Å². The molecule has 0 radical (unpaired) electrons. The molecular formula is C13H15BrO2. The third-order valence-electron chi connectivity index (χ3n) is 1.99. The minimum atomic E-state index is -0.715. The first kappa shape index (κ1) is 13.0. The van der Waals surface area contributed by atoms with E-state index in [0.717, 1.165) is 10.0 Å². The molecule has 0 spiro atoms. The van der Waals surface area contributed by atoms with Gasteiger partial charge in [-0.1, -0.05) is 34.7 Å². The lowest BCUT2D eigenvalue weighted by molar-refractivity contribution is 0.221. The van der Waals surface area contributed by atoms with E-state index in [2.05, 4.69) is 29.1 Å². The summed E-state index contributed by atoms with van der Waals surface area (Å²) in [6, 6.07) is 5.49. The summed E-state index contributed by atoms with van der Waals surface area (Å²) in [7, 11) is 0. The van der Waals surface area contributed by atoms with Crippen LogP contribution in [0.2, 0.25) is 0 Å². The summed E-state index contributed by atoms with van der Waals surface area (Å²) in [4.78, 5) is 0. The molecule has 0 aliphatic rings. The fourth-order valence-electron chi connectivity index (χ4n) is 1.21. The molecule has 3 heteroatoms. The number of benzene rings is 1. The van der Waals surface area contributed by atoms with Crippen LogP contribution in [0, 0.1) is 0 Å². The average Bonchev–Trinajstić information content (AvgIpc) is 2.25. The average molecular weight is 283 g/mol. The van der Waals surface area contributed by atoms with Crippen molar-refractivity contribution < 1.29 is 9.84 Å². The Morgan fingerprint density at radius 1 is 1.62 bits per heavy atom. The van der Waals surface area contributed by atoms with E-state index in [1.54, 1.807) is 0 Å². The second-order valence-electron chi connectivity index (χ2n) is 3.61. The highest BCUT2D eigenvalue weighted by Crippen LogP contribution is 2.29. The molecule has 0 saturated carbocycles. The molecule has 1 N–H and O–H groups in total. The van der Waals surface area contributed by atoms with Crippen molar-refractivity contribution in [2.75, 3.05) is 6.61 Å². The second kappa shape index (κ2) is 5.87. The summed E-state index contributed by atoms with van der Waals surface area (Å²) in [5, 5.41) is 9.73. The number of halogens is 1. The zero-order valence-corrected chi connectivity index (χ0v) is 10.8. The predicted octanol–water partition coefficient (Wildman–Crippen LogP) is 3.62. The van der Waals surface area contributed by atoms with Gasteiger partial charge in [0.05, 0.1) is 0 Å². The maximum atomic E-state index is 9.73. The predicted molar refractivity (Wildman–Crippen MR) is 69.6 cm³/mol. The van der Waals surface area contributed by atoms with E-state index in [1.165, 1.54) is 6.08 Å². The fraction of sp³-hybridized carbons (Fsp3) is 0.231. The molecule has 86 valence electrons. The van der Waals surface area contributed by atoms with Crippen LogP contribution in [0.3, 0.4) is 0 Å². The Morgan fingerprint density at radius 2 is 2.31 bits per heavy atom. The Bertz CT molecular complexity index is 399. The Labute approximate surface area is 104 Å². The van der Waals surface area contributed by atoms with Crippen LogP contribution < -0.4 is 4.74 Å². The molecule has 0 amide bonds. The Balaban J connectivity index is 2.98. The van der Waals surface area contributed by atoms with E-state index >= 15 is 0 Å². The van der Waals surface area contributed by atoms with Gasteiger partial charge in [-0.3, -0.25) is 0 Å². The first-order valence-electron chi connectivity index (χ1n) is 4.92. The summed E-state index contributed by atoms with van der Waals surface area (Å²) in [5.41, 5.74) is 1.64. The standard InChI is InChI=1S/C13H15BrO2/c1-4-12(15)11-6-5-10(14)7-13(11)16-8-9(2)3/h4-7,12,15H,1-2,8H2,3H3. The molecule has 0 aromatic heterocycles. The number of ether oxygens (including phenoxy) is 1. The maximum absolute atomic E-state index is 9.73. The summed E-state index contributed by atoms with van der Waals surface area (Å²) in [6.45, 7) is 9.66. The number of aliphatic hydroxyl groups excluding tert-OH is 1. The van der Waals surface area contributed by atoms with Crippen LogP contribution in [0.25, 0.3) is 0 Å². The van der Waals surface area contributed by atoms with Gasteiger partial charge >= 0.3 is 0 Å². The third-order valence-corrected chi connectivity index (χ3v) is 2.48. The minimum absolute atomic E-state index is 0.438. The molecule has 0 fully saturated rings. The highest BCUT2D eigenvalue weighted by Gasteiger charge is 2.10. The zero-order chi connectivity index (χ0) is 12.1. The summed E-state index contributed by atoms with van der Waals surface area (Å²) < 4.78 is 6.47. The van der Waals surface area contributed by atoms with E-state index in [9.17, 15) is 5.11 Å². The summed E-state index contributed by atoms with van der Waals surface area (Å²) >= 11 is 3.36. The van der Waals surface area contributed by atoms with Gasteiger partial charge in [0.1, 0.15) is 18.5 Å². The molecule has 16 heavy (non-hydrogen) atoms. The topological polar surface area (TPSA) is 29.5 Å². The van der Waals surface area contributed by atoms with Crippen LogP contribution in [0.15, 0.2) is 47.5 Å². The monoisotopic (exact) mass is 282 g/mol. The molecule has 0 saturated heterocycles. The zero-order valence-electron chi connectivity index (χ0n) is 9.24. The van der Waals surface area contributed by atoms with Gasteiger partial charge in [0, 0.05) is 10.0 Å². The number of rotatable bonds is 5. The van der Waals surface area contributed by atoms with Crippen LogP contribution >= 0.6 is 15.9 Å². The molecule has 1 rings (SSSR count). The lowest BCUT2D eigenvalue weighted by Gasteiger charge is -2.14. The van der Waals surface area contributed by atoms with Gasteiger partial charge in [0.25, 0.3) is 0 Å². The molecule has 0 bridgehead atoms. The van der Waals surface area contributed by atoms with E-state index in [0.29, 0.717) is 17.9 Å². The molecular weight excluding hydrogens is 268 g/mol. The highest BCUT2D eigenvalue weighted by molar-refractivity contribution is 9.10. The Kier molecular flexibility index (Phi) is 4.77. The normalized spacial score (nSPS) is 11.9. The van der Waals surface area contributed by atoms with E-state index in [4.69, 9.17) is 4.74 Å². The molecule has 0 heterocycles. The SMILES string of the molecule is C=CC(O)c1ccc(Br)cc1OCC(=C)C. The maximum Gasteiger partial charge on any atom is 0.127 e. The van der Waals surface area contributed by atoms with Gasteiger partial charge in [-0.2, -0.15) is 0 Å². The Morgan fingerprint density at radius 3 is 2.88 bits per heavy atom. The minimum Gasteiger partial charge on any atom is -0.489 e. The van der Waals surface area contributed by atoms with Crippen molar-refractivity contribution in [1.29, 1.82) is 0 Å².